The van der Waals surface area contributed by atoms with E-state index in [9.17, 15) is 0 Å². The summed E-state index contributed by atoms with van der Waals surface area (Å²) >= 11 is 2.66. The van der Waals surface area contributed by atoms with Gasteiger partial charge < -0.3 is 9.79 Å². The molecule has 0 aliphatic carbocycles. The van der Waals surface area contributed by atoms with E-state index in [-0.39, 0.29) is 0 Å². The maximum atomic E-state index is 8.35. The van der Waals surface area contributed by atoms with Gasteiger partial charge in [-0.25, -0.2) is 0 Å². The molecule has 0 aromatic carbocycles. The van der Waals surface area contributed by atoms with Crippen molar-refractivity contribution in [3.63, 3.8) is 0 Å². The van der Waals surface area contributed by atoms with Crippen molar-refractivity contribution in [2.24, 2.45) is 0 Å². The third-order valence-electron chi connectivity index (χ3n) is 0. The summed E-state index contributed by atoms with van der Waals surface area (Å²) in [5, 5.41) is 0. The molecule has 0 unspecified atom stereocenters. The summed E-state index contributed by atoms with van der Waals surface area (Å²) in [6.45, 7) is 4.26. The maximum absolute atomic E-state index is 8.35. The van der Waals surface area contributed by atoms with E-state index in [1.165, 1.54) is 0 Å². The summed E-state index contributed by atoms with van der Waals surface area (Å²) in [6.07, 6.45) is 0. The third-order valence-corrected chi connectivity index (χ3v) is 0. The molecule has 0 bridgehead atoms. The van der Waals surface area contributed by atoms with E-state index in [1.807, 2.05) is 0 Å². The van der Waals surface area contributed by atoms with Crippen LogP contribution < -0.4 is 9.79 Å². The number of hydrogen-bond donors (Lipinski definition) is 0. The molecular weight excluding hydrogens is 189 g/mol. The van der Waals surface area contributed by atoms with Gasteiger partial charge in [0.05, 0.1) is 17.4 Å². The van der Waals surface area contributed by atoms with Crippen molar-refractivity contribution in [1.82, 2.24) is 0 Å². The smallest absolute Gasteiger partial charge is 0.0642 e. The molecule has 0 heterocycles. The average molecular weight is 196 g/mol. The van der Waals surface area contributed by atoms with Crippen LogP contribution in [0.2, 0.25) is 4.78 Å². The summed E-state index contributed by atoms with van der Waals surface area (Å²) in [6, 6.07) is 0. The van der Waals surface area contributed by atoms with Gasteiger partial charge in [0.1, 0.15) is 0 Å². The Hall–Kier alpha value is 0.652. The molecule has 0 aliphatic rings. The minimum absolute atomic E-state index is 0.750. The van der Waals surface area contributed by atoms with Crippen LogP contribution in [-0.4, -0.2) is 16.3 Å². The molecule has 0 radical (unpaired) electrons. The van der Waals surface area contributed by atoms with Crippen molar-refractivity contribution in [2.75, 3.05) is 0 Å². The average Bonchev–Trinajstić information content (AvgIpc) is 1.65. The second kappa shape index (κ2) is 22.6. The normalized spacial score (nSPS) is 7.90. The maximum Gasteiger partial charge on any atom is 0.0642 e. The molecule has 0 N–H and O–H groups in total. The van der Waals surface area contributed by atoms with Crippen LogP contribution >= 0.6 is 17.4 Å². The van der Waals surface area contributed by atoms with Gasteiger partial charge in [0.15, 0.2) is 0 Å². The van der Waals surface area contributed by atoms with Crippen molar-refractivity contribution in [3.8, 4) is 0 Å². The molecule has 56 valence electrons. The Morgan fingerprint density at radius 2 is 1.20 bits per heavy atom. The molecule has 10 heavy (non-hydrogen) atoms. The van der Waals surface area contributed by atoms with Gasteiger partial charge in [-0.2, -0.15) is 0 Å². The van der Waals surface area contributed by atoms with Crippen molar-refractivity contribution in [2.45, 2.75) is 18.6 Å². The van der Waals surface area contributed by atoms with Crippen LogP contribution in [0, 0.1) is 0 Å². The molecule has 4 nitrogen and oxygen atoms in total. The summed E-state index contributed by atoms with van der Waals surface area (Å²) in [5.41, 5.74) is 0. The Labute approximate surface area is 71.6 Å². The second-order valence-electron chi connectivity index (χ2n) is 1.39. The number of hydrogen-bond acceptors (Lipinski definition) is 4. The molecule has 0 fully saturated rings. The third kappa shape index (κ3) is 1190. The first-order chi connectivity index (χ1) is 4.56. The Balaban J connectivity index is -0.0000000750. The van der Waals surface area contributed by atoms with Gasteiger partial charge in [-0.05, 0) is 0 Å². The Morgan fingerprint density at radius 1 is 1.20 bits per heavy atom. The van der Waals surface area contributed by atoms with Crippen molar-refractivity contribution in [1.29, 1.82) is 0 Å². The van der Waals surface area contributed by atoms with Gasteiger partial charge in [-0.3, -0.25) is 9.13 Å². The van der Waals surface area contributed by atoms with Crippen molar-refractivity contribution in [3.05, 3.63) is 0 Å². The molecule has 0 spiro atoms. The standard InChI is InChI=1S/C3H7.Al.2HO2P/c1-3-2;;2*1-3-2/h3H,1-2H3;;2*(H,1,2)/q;+2;;/p-2. The van der Waals surface area contributed by atoms with Gasteiger partial charge in [-0.1, -0.05) is 0 Å². The fourth-order valence-corrected chi connectivity index (χ4v) is 0. The molecule has 0 rings (SSSR count). The number of rotatable bonds is 0. The van der Waals surface area contributed by atoms with Crippen molar-refractivity contribution >= 4 is 33.7 Å². The molecule has 0 aromatic rings. The van der Waals surface area contributed by atoms with Crippen LogP contribution in [0.1, 0.15) is 13.8 Å². The summed E-state index contributed by atoms with van der Waals surface area (Å²) < 4.78 is 17.4. The van der Waals surface area contributed by atoms with Crippen LogP contribution in [-0.2, 0) is 9.13 Å². The SMILES string of the molecule is C[CH](C)[Al+2].O=P[O-].O=P[O-]. The van der Waals surface area contributed by atoms with Crippen LogP contribution in [0.5, 0.6) is 0 Å². The van der Waals surface area contributed by atoms with Gasteiger partial charge in [0.2, 0.25) is 0 Å². The first-order valence-corrected chi connectivity index (χ1v) is 4.35. The van der Waals surface area contributed by atoms with E-state index in [1.54, 1.807) is 0 Å². The van der Waals surface area contributed by atoms with Crippen LogP contribution in [0.25, 0.3) is 0 Å². The molecule has 7 heteroatoms. The molecule has 0 aliphatic heterocycles. The molecular formula is C3H7AlO4P2. The van der Waals surface area contributed by atoms with E-state index < -0.39 is 17.4 Å². The first kappa shape index (κ1) is 16.9. The predicted octanol–water partition coefficient (Wildman–Crippen LogP) is 0.0900. The fourth-order valence-electron chi connectivity index (χ4n) is 0. The van der Waals surface area contributed by atoms with Gasteiger partial charge in [-0.15, -0.1) is 0 Å². The molecule has 0 saturated carbocycles. The quantitative estimate of drug-likeness (QED) is 0.406. The summed E-state index contributed by atoms with van der Waals surface area (Å²) in [4.78, 5) is 16.7. The molecule has 0 amide bonds. The summed E-state index contributed by atoms with van der Waals surface area (Å²) in [7, 11) is -2.17. The van der Waals surface area contributed by atoms with E-state index in [0.29, 0.717) is 0 Å². The Bertz CT molecular complexity index is 60.8. The molecule has 0 atom stereocenters. The summed E-state index contributed by atoms with van der Waals surface area (Å²) in [5.74, 6) is 0. The van der Waals surface area contributed by atoms with Gasteiger partial charge >= 0.3 is 34.9 Å². The monoisotopic (exact) mass is 196 g/mol. The zero-order chi connectivity index (χ0) is 8.99. The predicted molar refractivity (Wildman–Crippen MR) is 36.1 cm³/mol. The minimum Gasteiger partial charge on any atom is -0.772 e. The minimum atomic E-state index is -1.08. The van der Waals surface area contributed by atoms with Crippen molar-refractivity contribution < 1.29 is 18.9 Å². The van der Waals surface area contributed by atoms with E-state index in [4.69, 9.17) is 18.9 Å². The van der Waals surface area contributed by atoms with E-state index >= 15 is 0 Å². The molecule has 0 saturated heterocycles. The fraction of sp³-hybridized carbons (Fsp3) is 1.00. The zero-order valence-corrected chi connectivity index (χ0v) is 8.63. The zero-order valence-electron chi connectivity index (χ0n) is 5.68. The van der Waals surface area contributed by atoms with Crippen LogP contribution in [0.3, 0.4) is 0 Å². The van der Waals surface area contributed by atoms with Crippen LogP contribution in [0.15, 0.2) is 0 Å². The largest absolute Gasteiger partial charge is 0.772 e. The topological polar surface area (TPSA) is 80.3 Å². The Morgan fingerprint density at radius 3 is 1.20 bits per heavy atom. The Kier molecular flexibility index (Phi) is 38.3. The van der Waals surface area contributed by atoms with Crippen LogP contribution in [0.4, 0.5) is 0 Å². The van der Waals surface area contributed by atoms with Gasteiger partial charge in [0, 0.05) is 0 Å². The second-order valence-corrected chi connectivity index (χ2v) is 3.02. The first-order valence-electron chi connectivity index (χ1n) is 2.22. The van der Waals surface area contributed by atoms with Gasteiger partial charge in [0.25, 0.3) is 0 Å². The molecule has 0 aromatic heterocycles. The van der Waals surface area contributed by atoms with E-state index in [0.717, 1.165) is 4.78 Å². The van der Waals surface area contributed by atoms with E-state index in [2.05, 4.69) is 30.1 Å².